The lowest BCUT2D eigenvalue weighted by molar-refractivity contribution is -0.200. The Morgan fingerprint density at radius 3 is 2.40 bits per heavy atom. The summed E-state index contributed by atoms with van der Waals surface area (Å²) in [6.07, 6.45) is -8.22. The molecule has 1 atom stereocenters. The number of carbonyl (C=O) groups is 1. The van der Waals surface area contributed by atoms with Crippen LogP contribution >= 0.6 is 0 Å². The van der Waals surface area contributed by atoms with Gasteiger partial charge in [-0.15, -0.1) is 0 Å². The van der Waals surface area contributed by atoms with Crippen molar-refractivity contribution in [2.45, 2.75) is 18.7 Å². The highest BCUT2D eigenvalue weighted by Gasteiger charge is 2.43. The average Bonchev–Trinajstić information content (AvgIpc) is 2.36. The monoisotopic (exact) mass is 284 g/mol. The summed E-state index contributed by atoms with van der Waals surface area (Å²) in [5, 5.41) is 10.1. The Bertz CT molecular complexity index is 622. The molecule has 0 aliphatic heterocycles. The minimum Gasteiger partial charge on any atom is -0.481 e. The maximum atomic E-state index is 12.7. The van der Waals surface area contributed by atoms with Crippen LogP contribution in [0.15, 0.2) is 42.5 Å². The van der Waals surface area contributed by atoms with Crippen LogP contribution in [0, 0.1) is 0 Å². The number of hydrogen-bond acceptors (Lipinski definition) is 2. The number of benzene rings is 2. The van der Waals surface area contributed by atoms with E-state index in [9.17, 15) is 18.0 Å². The van der Waals surface area contributed by atoms with Crippen molar-refractivity contribution in [2.24, 2.45) is 0 Å². The number of halogens is 3. The third-order valence-electron chi connectivity index (χ3n) is 2.72. The van der Waals surface area contributed by atoms with E-state index in [4.69, 9.17) is 9.84 Å². The molecule has 0 amide bonds. The topological polar surface area (TPSA) is 46.5 Å². The van der Waals surface area contributed by atoms with E-state index in [1.54, 1.807) is 18.2 Å². The summed E-state index contributed by atoms with van der Waals surface area (Å²) in [6, 6.07) is 11.6. The predicted molar refractivity (Wildman–Crippen MR) is 66.7 cm³/mol. The summed E-state index contributed by atoms with van der Waals surface area (Å²) in [4.78, 5) is 10.5. The fraction of sp³-hybridized carbons (Fsp3) is 0.214. The Labute approximate surface area is 112 Å². The Morgan fingerprint density at radius 2 is 1.80 bits per heavy atom. The van der Waals surface area contributed by atoms with Crippen LogP contribution in [0.4, 0.5) is 13.2 Å². The normalized spacial score (nSPS) is 13.2. The summed E-state index contributed by atoms with van der Waals surface area (Å²) in [5.74, 6) is -1.57. The molecule has 0 radical (unpaired) electrons. The van der Waals surface area contributed by atoms with Gasteiger partial charge in [0.1, 0.15) is 5.75 Å². The second-order valence-corrected chi connectivity index (χ2v) is 4.25. The number of hydrogen-bond donors (Lipinski definition) is 1. The molecule has 0 saturated heterocycles. The highest BCUT2D eigenvalue weighted by atomic mass is 19.4. The molecular weight excluding hydrogens is 273 g/mol. The zero-order valence-corrected chi connectivity index (χ0v) is 10.2. The quantitative estimate of drug-likeness (QED) is 0.932. The molecule has 0 aliphatic carbocycles. The molecule has 20 heavy (non-hydrogen) atoms. The van der Waals surface area contributed by atoms with Gasteiger partial charge in [-0.05, 0) is 22.9 Å². The number of carboxylic acid groups (broad SMARTS) is 1. The molecule has 2 rings (SSSR count). The minimum absolute atomic E-state index is 0.00715. The molecule has 0 aromatic heterocycles. The van der Waals surface area contributed by atoms with Crippen molar-refractivity contribution in [1.29, 1.82) is 0 Å². The zero-order valence-electron chi connectivity index (χ0n) is 10.2. The van der Waals surface area contributed by atoms with E-state index in [-0.39, 0.29) is 5.75 Å². The van der Waals surface area contributed by atoms with Crippen LogP contribution in [-0.2, 0) is 4.79 Å². The maximum Gasteiger partial charge on any atom is 0.425 e. The van der Waals surface area contributed by atoms with Crippen LogP contribution in [-0.4, -0.2) is 23.4 Å². The van der Waals surface area contributed by atoms with E-state index < -0.39 is 24.7 Å². The van der Waals surface area contributed by atoms with Crippen molar-refractivity contribution in [3.8, 4) is 5.75 Å². The van der Waals surface area contributed by atoms with Crippen LogP contribution in [0.3, 0.4) is 0 Å². The largest absolute Gasteiger partial charge is 0.481 e. The van der Waals surface area contributed by atoms with Crippen molar-refractivity contribution in [3.05, 3.63) is 42.5 Å². The number of rotatable bonds is 4. The fourth-order valence-corrected chi connectivity index (χ4v) is 1.79. The molecule has 1 N–H and O–H groups in total. The number of ether oxygens (including phenoxy) is 1. The lowest BCUT2D eigenvalue weighted by Gasteiger charge is -2.20. The van der Waals surface area contributed by atoms with Crippen molar-refractivity contribution >= 4 is 16.7 Å². The molecule has 2 aromatic carbocycles. The molecule has 0 heterocycles. The van der Waals surface area contributed by atoms with E-state index in [1.807, 2.05) is 12.1 Å². The van der Waals surface area contributed by atoms with Gasteiger partial charge in [0.2, 0.25) is 6.10 Å². The summed E-state index contributed by atoms with van der Waals surface area (Å²) in [5.41, 5.74) is 0. The van der Waals surface area contributed by atoms with Crippen molar-refractivity contribution in [1.82, 2.24) is 0 Å². The number of alkyl halides is 3. The van der Waals surface area contributed by atoms with Crippen LogP contribution in [0.5, 0.6) is 5.75 Å². The summed E-state index contributed by atoms with van der Waals surface area (Å²) in [6.45, 7) is 0. The fourth-order valence-electron chi connectivity index (χ4n) is 1.79. The first-order valence-corrected chi connectivity index (χ1v) is 5.80. The second-order valence-electron chi connectivity index (χ2n) is 4.25. The van der Waals surface area contributed by atoms with Gasteiger partial charge in [0, 0.05) is 0 Å². The number of carboxylic acids is 1. The smallest absolute Gasteiger partial charge is 0.425 e. The summed E-state index contributed by atoms with van der Waals surface area (Å²) in [7, 11) is 0. The molecule has 0 fully saturated rings. The van der Waals surface area contributed by atoms with Crippen molar-refractivity contribution in [3.63, 3.8) is 0 Å². The Balaban J connectivity index is 2.26. The molecule has 0 aliphatic rings. The third kappa shape index (κ3) is 3.40. The van der Waals surface area contributed by atoms with E-state index in [1.165, 1.54) is 12.1 Å². The molecule has 0 bridgehead atoms. The van der Waals surface area contributed by atoms with Crippen molar-refractivity contribution < 1.29 is 27.8 Å². The van der Waals surface area contributed by atoms with Gasteiger partial charge >= 0.3 is 12.1 Å². The van der Waals surface area contributed by atoms with Crippen LogP contribution in [0.1, 0.15) is 6.42 Å². The van der Waals surface area contributed by atoms with Gasteiger partial charge in [-0.25, -0.2) is 0 Å². The molecule has 2 aromatic rings. The highest BCUT2D eigenvalue weighted by Crippen LogP contribution is 2.29. The first-order chi connectivity index (χ1) is 9.36. The third-order valence-corrected chi connectivity index (χ3v) is 2.72. The van der Waals surface area contributed by atoms with Gasteiger partial charge in [0.05, 0.1) is 6.42 Å². The van der Waals surface area contributed by atoms with Gasteiger partial charge < -0.3 is 9.84 Å². The van der Waals surface area contributed by atoms with E-state index >= 15 is 0 Å². The Kier molecular flexibility index (Phi) is 3.83. The van der Waals surface area contributed by atoms with Crippen LogP contribution in [0.2, 0.25) is 0 Å². The number of fused-ring (bicyclic) bond motifs is 1. The first kappa shape index (κ1) is 14.2. The lowest BCUT2D eigenvalue weighted by atomic mass is 10.1. The first-order valence-electron chi connectivity index (χ1n) is 5.80. The highest BCUT2D eigenvalue weighted by molar-refractivity contribution is 5.83. The average molecular weight is 284 g/mol. The van der Waals surface area contributed by atoms with Gasteiger partial charge in [-0.1, -0.05) is 30.3 Å². The molecule has 0 spiro atoms. The van der Waals surface area contributed by atoms with E-state index in [2.05, 4.69) is 0 Å². The van der Waals surface area contributed by atoms with E-state index in [0.717, 1.165) is 10.8 Å². The zero-order chi connectivity index (χ0) is 14.8. The molecule has 106 valence electrons. The van der Waals surface area contributed by atoms with Gasteiger partial charge in [-0.2, -0.15) is 13.2 Å². The number of aliphatic carboxylic acids is 1. The standard InChI is InChI=1S/C14H11F3O3/c15-14(16,17)12(8-13(18)19)20-11-6-5-9-3-1-2-4-10(9)7-11/h1-7,12H,8H2,(H,18,19). The van der Waals surface area contributed by atoms with Crippen LogP contribution < -0.4 is 4.74 Å². The van der Waals surface area contributed by atoms with Gasteiger partial charge in [0.25, 0.3) is 0 Å². The van der Waals surface area contributed by atoms with Gasteiger partial charge in [-0.3, -0.25) is 4.79 Å². The SMILES string of the molecule is O=C(O)CC(Oc1ccc2ccccc2c1)C(F)(F)F. The summed E-state index contributed by atoms with van der Waals surface area (Å²) < 4.78 is 42.9. The summed E-state index contributed by atoms with van der Waals surface area (Å²) >= 11 is 0. The molecule has 3 nitrogen and oxygen atoms in total. The van der Waals surface area contributed by atoms with Gasteiger partial charge in [0.15, 0.2) is 0 Å². The second kappa shape index (κ2) is 5.40. The minimum atomic E-state index is -4.73. The molecule has 1 unspecified atom stereocenters. The van der Waals surface area contributed by atoms with Crippen LogP contribution in [0.25, 0.3) is 10.8 Å². The Morgan fingerprint density at radius 1 is 1.15 bits per heavy atom. The molecule has 0 saturated carbocycles. The molecular formula is C14H11F3O3. The predicted octanol–water partition coefficient (Wildman–Crippen LogP) is 3.62. The lowest BCUT2D eigenvalue weighted by Crippen LogP contribution is -2.36. The van der Waals surface area contributed by atoms with Crippen molar-refractivity contribution in [2.75, 3.05) is 0 Å². The van der Waals surface area contributed by atoms with E-state index in [0.29, 0.717) is 0 Å². The maximum absolute atomic E-state index is 12.7. The molecule has 6 heteroatoms. The Hall–Kier alpha value is -2.24.